The number of hydrogen-bond acceptors (Lipinski definition) is 2. The average Bonchev–Trinajstić information content (AvgIpc) is 2.39. The van der Waals surface area contributed by atoms with Gasteiger partial charge in [0, 0.05) is 4.47 Å². The number of rotatable bonds is 3. The summed E-state index contributed by atoms with van der Waals surface area (Å²) in [6.07, 6.45) is 0. The molecule has 0 spiro atoms. The fourth-order valence-corrected chi connectivity index (χ4v) is 2.15. The van der Waals surface area contributed by atoms with Crippen molar-refractivity contribution in [3.05, 3.63) is 57.3 Å². The SMILES string of the molecule is CC(=O)c1cc(F)c(C)cc1Oc1cc(Br)cc(F)c1F. The van der Waals surface area contributed by atoms with Crippen molar-refractivity contribution >= 4 is 21.7 Å². The summed E-state index contributed by atoms with van der Waals surface area (Å²) in [7, 11) is 0. The normalized spacial score (nSPS) is 10.6. The molecule has 21 heavy (non-hydrogen) atoms. The smallest absolute Gasteiger partial charge is 0.201 e. The van der Waals surface area contributed by atoms with Crippen LogP contribution in [0.3, 0.4) is 0 Å². The predicted octanol–water partition coefficient (Wildman–Crippen LogP) is 5.17. The zero-order chi connectivity index (χ0) is 15.7. The van der Waals surface area contributed by atoms with Crippen LogP contribution in [0.2, 0.25) is 0 Å². The number of hydrogen-bond donors (Lipinski definition) is 0. The zero-order valence-corrected chi connectivity index (χ0v) is 12.7. The van der Waals surface area contributed by atoms with E-state index in [1.165, 1.54) is 26.0 Å². The van der Waals surface area contributed by atoms with Gasteiger partial charge in [-0.2, -0.15) is 4.39 Å². The van der Waals surface area contributed by atoms with E-state index in [1.54, 1.807) is 0 Å². The molecule has 0 aromatic heterocycles. The molecule has 0 atom stereocenters. The van der Waals surface area contributed by atoms with Crippen molar-refractivity contribution in [1.82, 2.24) is 0 Å². The van der Waals surface area contributed by atoms with Crippen molar-refractivity contribution in [2.75, 3.05) is 0 Å². The van der Waals surface area contributed by atoms with E-state index < -0.39 is 29.0 Å². The van der Waals surface area contributed by atoms with E-state index in [0.717, 1.165) is 12.1 Å². The van der Waals surface area contributed by atoms with Gasteiger partial charge >= 0.3 is 0 Å². The van der Waals surface area contributed by atoms with Gasteiger partial charge in [-0.25, -0.2) is 8.78 Å². The molecule has 0 saturated carbocycles. The van der Waals surface area contributed by atoms with E-state index in [9.17, 15) is 18.0 Å². The molecule has 0 aliphatic carbocycles. The van der Waals surface area contributed by atoms with Crippen molar-refractivity contribution in [3.8, 4) is 11.5 Å². The Morgan fingerprint density at radius 1 is 1.05 bits per heavy atom. The van der Waals surface area contributed by atoms with Crippen molar-refractivity contribution in [3.63, 3.8) is 0 Å². The van der Waals surface area contributed by atoms with Crippen molar-refractivity contribution in [2.24, 2.45) is 0 Å². The molecular weight excluding hydrogens is 349 g/mol. The van der Waals surface area contributed by atoms with Gasteiger partial charge in [0.15, 0.2) is 17.3 Å². The third kappa shape index (κ3) is 3.26. The zero-order valence-electron chi connectivity index (χ0n) is 11.1. The fourth-order valence-electron chi connectivity index (χ4n) is 1.74. The number of ketones is 1. The average molecular weight is 359 g/mol. The molecule has 0 fully saturated rings. The highest BCUT2D eigenvalue weighted by molar-refractivity contribution is 9.10. The monoisotopic (exact) mass is 358 g/mol. The molecule has 2 nitrogen and oxygen atoms in total. The summed E-state index contributed by atoms with van der Waals surface area (Å²) in [5, 5.41) is 0. The van der Waals surface area contributed by atoms with Crippen LogP contribution in [0.25, 0.3) is 0 Å². The van der Waals surface area contributed by atoms with Crippen LogP contribution in [-0.4, -0.2) is 5.78 Å². The van der Waals surface area contributed by atoms with Gasteiger partial charge < -0.3 is 4.74 Å². The molecule has 0 saturated heterocycles. The van der Waals surface area contributed by atoms with Crippen LogP contribution >= 0.6 is 15.9 Å². The maximum absolute atomic E-state index is 13.7. The lowest BCUT2D eigenvalue weighted by atomic mass is 10.1. The summed E-state index contributed by atoms with van der Waals surface area (Å²) in [4.78, 5) is 11.5. The van der Waals surface area contributed by atoms with E-state index in [0.29, 0.717) is 0 Å². The lowest BCUT2D eigenvalue weighted by Crippen LogP contribution is -2.01. The van der Waals surface area contributed by atoms with Gasteiger partial charge in [-0.3, -0.25) is 4.79 Å². The first-order valence-electron chi connectivity index (χ1n) is 5.93. The third-order valence-corrected chi connectivity index (χ3v) is 3.28. The lowest BCUT2D eigenvalue weighted by molar-refractivity contribution is 0.101. The molecule has 0 bridgehead atoms. The number of aryl methyl sites for hydroxylation is 1. The minimum atomic E-state index is -1.19. The van der Waals surface area contributed by atoms with Crippen LogP contribution < -0.4 is 4.74 Å². The third-order valence-electron chi connectivity index (χ3n) is 2.82. The molecule has 6 heteroatoms. The molecule has 0 N–H and O–H groups in total. The maximum Gasteiger partial charge on any atom is 0.201 e. The highest BCUT2D eigenvalue weighted by Gasteiger charge is 2.17. The van der Waals surface area contributed by atoms with E-state index in [1.807, 2.05) is 0 Å². The first-order valence-corrected chi connectivity index (χ1v) is 6.72. The Kier molecular flexibility index (Phi) is 4.37. The Balaban J connectivity index is 2.54. The van der Waals surface area contributed by atoms with E-state index in [4.69, 9.17) is 4.74 Å². The van der Waals surface area contributed by atoms with Crippen LogP contribution in [0, 0.1) is 24.4 Å². The Hall–Kier alpha value is -1.82. The summed E-state index contributed by atoms with van der Waals surface area (Å²) in [5.74, 6) is -3.72. The van der Waals surface area contributed by atoms with E-state index in [2.05, 4.69) is 15.9 Å². The largest absolute Gasteiger partial charge is 0.453 e. The second-order valence-corrected chi connectivity index (χ2v) is 5.37. The molecule has 0 radical (unpaired) electrons. The second-order valence-electron chi connectivity index (χ2n) is 4.46. The number of halogens is 4. The number of ether oxygens (including phenoxy) is 1. The molecule has 0 unspecified atom stereocenters. The summed E-state index contributed by atoms with van der Waals surface area (Å²) >= 11 is 3.02. The van der Waals surface area contributed by atoms with Crippen LogP contribution in [-0.2, 0) is 0 Å². The Morgan fingerprint density at radius 3 is 2.33 bits per heavy atom. The van der Waals surface area contributed by atoms with Gasteiger partial charge in [0.2, 0.25) is 5.82 Å². The molecule has 2 aromatic rings. The maximum atomic E-state index is 13.7. The van der Waals surface area contributed by atoms with E-state index >= 15 is 0 Å². The van der Waals surface area contributed by atoms with Crippen LogP contribution in [0.15, 0.2) is 28.7 Å². The van der Waals surface area contributed by atoms with E-state index in [-0.39, 0.29) is 21.3 Å². The first kappa shape index (κ1) is 15.6. The van der Waals surface area contributed by atoms with Crippen LogP contribution in [0.5, 0.6) is 11.5 Å². The Labute approximate surface area is 127 Å². The van der Waals surface area contributed by atoms with Gasteiger partial charge in [-0.1, -0.05) is 15.9 Å². The van der Waals surface area contributed by atoms with Crippen molar-refractivity contribution in [1.29, 1.82) is 0 Å². The van der Waals surface area contributed by atoms with Crippen molar-refractivity contribution < 1.29 is 22.7 Å². The number of carbonyl (C=O) groups excluding carboxylic acids is 1. The van der Waals surface area contributed by atoms with Gasteiger partial charge in [0.05, 0.1) is 5.56 Å². The highest BCUT2D eigenvalue weighted by Crippen LogP contribution is 2.32. The minimum absolute atomic E-state index is 0.0298. The number of carbonyl (C=O) groups is 1. The fraction of sp³-hybridized carbons (Fsp3) is 0.133. The predicted molar refractivity (Wildman–Crippen MR) is 75.3 cm³/mol. The molecular formula is C15H10BrF3O2. The standard InChI is InChI=1S/C15H10BrF3O2/c1-7-3-13(10(8(2)20)6-11(7)17)21-14-5-9(16)4-12(18)15(14)19/h3-6H,1-2H3. The number of Topliss-reactive ketones (excluding diaryl/α,β-unsaturated/α-hetero) is 1. The van der Waals surface area contributed by atoms with Crippen molar-refractivity contribution in [2.45, 2.75) is 13.8 Å². The first-order chi connectivity index (χ1) is 9.79. The quantitative estimate of drug-likeness (QED) is 0.558. The molecule has 0 aliphatic rings. The summed E-state index contributed by atoms with van der Waals surface area (Å²) in [6, 6.07) is 4.45. The molecule has 0 aliphatic heterocycles. The lowest BCUT2D eigenvalue weighted by Gasteiger charge is -2.12. The second kappa shape index (κ2) is 5.89. The van der Waals surface area contributed by atoms with Crippen LogP contribution in [0.1, 0.15) is 22.8 Å². The minimum Gasteiger partial charge on any atom is -0.453 e. The molecule has 2 rings (SSSR count). The Morgan fingerprint density at radius 2 is 1.71 bits per heavy atom. The summed E-state index contributed by atoms with van der Waals surface area (Å²) in [6.45, 7) is 2.71. The molecule has 110 valence electrons. The number of benzene rings is 2. The Bertz CT molecular complexity index is 729. The molecule has 2 aromatic carbocycles. The van der Waals surface area contributed by atoms with Crippen LogP contribution in [0.4, 0.5) is 13.2 Å². The summed E-state index contributed by atoms with van der Waals surface area (Å²) < 4.78 is 46.1. The summed E-state index contributed by atoms with van der Waals surface area (Å²) in [5.41, 5.74) is 0.184. The van der Waals surface area contributed by atoms with Gasteiger partial charge in [-0.15, -0.1) is 0 Å². The molecule has 0 amide bonds. The van der Waals surface area contributed by atoms with Gasteiger partial charge in [0.1, 0.15) is 11.6 Å². The van der Waals surface area contributed by atoms with Gasteiger partial charge in [-0.05, 0) is 43.7 Å². The highest BCUT2D eigenvalue weighted by atomic mass is 79.9. The van der Waals surface area contributed by atoms with Gasteiger partial charge in [0.25, 0.3) is 0 Å². The molecule has 0 heterocycles. The topological polar surface area (TPSA) is 26.3 Å².